The van der Waals surface area contributed by atoms with Gasteiger partial charge in [0.1, 0.15) is 0 Å². The number of fused-ring (bicyclic) bond motifs is 1. The summed E-state index contributed by atoms with van der Waals surface area (Å²) in [4.78, 5) is 6.89. The van der Waals surface area contributed by atoms with Gasteiger partial charge in [0, 0.05) is 30.9 Å². The molecule has 33 heavy (non-hydrogen) atoms. The number of azo groups is 1. The maximum Gasteiger partial charge on any atom is 0.182 e. The van der Waals surface area contributed by atoms with Gasteiger partial charge in [-0.3, -0.25) is 4.99 Å². The fourth-order valence-electron chi connectivity index (χ4n) is 3.74. The zero-order chi connectivity index (χ0) is 23.8. The van der Waals surface area contributed by atoms with Gasteiger partial charge >= 0.3 is 0 Å². The summed E-state index contributed by atoms with van der Waals surface area (Å²) in [7, 11) is 0.465. The molecule has 0 fully saturated rings. The lowest BCUT2D eigenvalue weighted by atomic mass is 9.82. The summed E-state index contributed by atoms with van der Waals surface area (Å²) in [5.74, 6) is -0.0610. The quantitative estimate of drug-likeness (QED) is 0.393. The number of hydrogen-bond donors (Lipinski definition) is 0. The zero-order valence-electron chi connectivity index (χ0n) is 19.6. The molecule has 0 saturated carbocycles. The minimum absolute atomic E-state index is 0.0610. The zero-order valence-corrected chi connectivity index (χ0v) is 20.4. The van der Waals surface area contributed by atoms with Crippen LogP contribution in [0.25, 0.3) is 0 Å². The van der Waals surface area contributed by atoms with Crippen LogP contribution >= 0.6 is 0 Å². The highest BCUT2D eigenvalue weighted by molar-refractivity contribution is 7.90. The maximum absolute atomic E-state index is 13.0. The second-order valence-corrected chi connectivity index (χ2v) is 11.0. The van der Waals surface area contributed by atoms with Crippen molar-refractivity contribution in [2.24, 2.45) is 15.2 Å². The Kier molecular flexibility index (Phi) is 5.93. The van der Waals surface area contributed by atoms with E-state index in [0.29, 0.717) is 5.69 Å². The van der Waals surface area contributed by atoms with Gasteiger partial charge in [-0.1, -0.05) is 26.0 Å². The van der Waals surface area contributed by atoms with E-state index in [4.69, 9.17) is 0 Å². The summed E-state index contributed by atoms with van der Waals surface area (Å²) in [5.41, 5.74) is 6.01. The van der Waals surface area contributed by atoms with Gasteiger partial charge in [0.2, 0.25) is 0 Å². The molecule has 0 radical (unpaired) electrons. The summed E-state index contributed by atoms with van der Waals surface area (Å²) >= 11 is 0. The molecule has 0 N–H and O–H groups in total. The third kappa shape index (κ3) is 4.73. The standard InChI is InChI=1S/C26H28N4O2S/c1-18-26(2,3)24-16-19(6-15-25(24)27-18)17-33(31,32)23-13-9-21(10-14-23)29-28-20-7-11-22(12-8-20)30(4)5/h6-16H,17H2,1-5H3. The van der Waals surface area contributed by atoms with E-state index >= 15 is 0 Å². The van der Waals surface area contributed by atoms with Crippen LogP contribution in [0.15, 0.2) is 86.8 Å². The lowest BCUT2D eigenvalue weighted by Crippen LogP contribution is -2.22. The number of hydrogen-bond acceptors (Lipinski definition) is 6. The molecule has 4 rings (SSSR count). The van der Waals surface area contributed by atoms with Gasteiger partial charge in [0.25, 0.3) is 0 Å². The fraction of sp³-hybridized carbons (Fsp3) is 0.269. The number of aliphatic imine (C=N–C) groups is 1. The highest BCUT2D eigenvalue weighted by atomic mass is 32.2. The van der Waals surface area contributed by atoms with E-state index in [0.717, 1.165) is 33.9 Å². The second-order valence-electron chi connectivity index (χ2n) is 9.04. The normalized spacial score (nSPS) is 14.9. The van der Waals surface area contributed by atoms with E-state index in [1.54, 1.807) is 24.3 Å². The third-order valence-corrected chi connectivity index (χ3v) is 7.83. The highest BCUT2D eigenvalue weighted by Crippen LogP contribution is 2.40. The molecule has 0 amide bonds. The molecule has 0 unspecified atom stereocenters. The first-order chi connectivity index (χ1) is 15.6. The van der Waals surface area contributed by atoms with Crippen molar-refractivity contribution < 1.29 is 8.42 Å². The largest absolute Gasteiger partial charge is 0.378 e. The Balaban J connectivity index is 1.48. The van der Waals surface area contributed by atoms with E-state index in [1.807, 2.05) is 68.4 Å². The monoisotopic (exact) mass is 460 g/mol. The highest BCUT2D eigenvalue weighted by Gasteiger charge is 2.32. The first kappa shape index (κ1) is 22.9. The summed E-state index contributed by atoms with van der Waals surface area (Å²) in [5, 5.41) is 8.46. The van der Waals surface area contributed by atoms with Crippen LogP contribution < -0.4 is 4.90 Å². The van der Waals surface area contributed by atoms with Crippen LogP contribution in [0.5, 0.6) is 0 Å². The van der Waals surface area contributed by atoms with Gasteiger partial charge in [-0.25, -0.2) is 8.42 Å². The van der Waals surface area contributed by atoms with Crippen LogP contribution in [0.4, 0.5) is 22.7 Å². The van der Waals surface area contributed by atoms with Gasteiger partial charge in [-0.15, -0.1) is 0 Å². The Labute approximate surface area is 195 Å². The number of nitrogens with zero attached hydrogens (tertiary/aromatic N) is 4. The molecular weight excluding hydrogens is 432 g/mol. The minimum atomic E-state index is -3.49. The van der Waals surface area contributed by atoms with Crippen molar-refractivity contribution in [1.82, 2.24) is 0 Å². The number of rotatable bonds is 6. The Hall–Kier alpha value is -3.32. The smallest absolute Gasteiger partial charge is 0.182 e. The van der Waals surface area contributed by atoms with Gasteiger partial charge < -0.3 is 4.90 Å². The van der Waals surface area contributed by atoms with Crippen molar-refractivity contribution in [3.63, 3.8) is 0 Å². The molecule has 1 heterocycles. The minimum Gasteiger partial charge on any atom is -0.378 e. The van der Waals surface area contributed by atoms with E-state index < -0.39 is 9.84 Å². The predicted octanol–water partition coefficient (Wildman–Crippen LogP) is 6.53. The van der Waals surface area contributed by atoms with Gasteiger partial charge in [0.05, 0.1) is 27.7 Å². The number of benzene rings is 3. The molecule has 6 nitrogen and oxygen atoms in total. The molecule has 170 valence electrons. The SMILES string of the molecule is CC1=Nc2ccc(CS(=O)(=O)c3ccc(N=Nc4ccc(N(C)C)cc4)cc3)cc2C1(C)C. The Morgan fingerprint density at radius 1 is 0.879 bits per heavy atom. The number of sulfone groups is 1. The van der Waals surface area contributed by atoms with Crippen LogP contribution in [0.2, 0.25) is 0 Å². The van der Waals surface area contributed by atoms with Crippen molar-refractivity contribution in [2.75, 3.05) is 19.0 Å². The van der Waals surface area contributed by atoms with Crippen molar-refractivity contribution >= 4 is 38.3 Å². The molecule has 0 aliphatic carbocycles. The van der Waals surface area contributed by atoms with Crippen LogP contribution in [0, 0.1) is 0 Å². The third-order valence-electron chi connectivity index (χ3n) is 6.13. The Bertz CT molecular complexity index is 1340. The van der Waals surface area contributed by atoms with Gasteiger partial charge in [-0.2, -0.15) is 10.2 Å². The second kappa shape index (κ2) is 8.56. The molecule has 1 aliphatic heterocycles. The van der Waals surface area contributed by atoms with Crippen LogP contribution in [0.1, 0.15) is 31.9 Å². The Morgan fingerprint density at radius 3 is 2.03 bits per heavy atom. The molecule has 0 spiro atoms. The van der Waals surface area contributed by atoms with E-state index in [9.17, 15) is 8.42 Å². The van der Waals surface area contributed by atoms with Crippen LogP contribution in [0.3, 0.4) is 0 Å². The van der Waals surface area contributed by atoms with Crippen LogP contribution in [-0.2, 0) is 21.0 Å². The molecular formula is C26H28N4O2S. The lowest BCUT2D eigenvalue weighted by molar-refractivity contribution is 0.595. The van der Waals surface area contributed by atoms with Crippen molar-refractivity contribution in [1.29, 1.82) is 0 Å². The first-order valence-electron chi connectivity index (χ1n) is 10.8. The molecule has 0 saturated heterocycles. The van der Waals surface area contributed by atoms with Crippen LogP contribution in [-0.4, -0.2) is 28.2 Å². The Morgan fingerprint density at radius 2 is 1.45 bits per heavy atom. The van der Waals surface area contributed by atoms with Gasteiger partial charge in [0.15, 0.2) is 9.84 Å². The molecule has 3 aromatic carbocycles. The maximum atomic E-state index is 13.0. The number of anilines is 1. The van der Waals surface area contributed by atoms with E-state index in [1.165, 1.54) is 0 Å². The van der Waals surface area contributed by atoms with E-state index in [-0.39, 0.29) is 16.1 Å². The topological polar surface area (TPSA) is 74.5 Å². The first-order valence-corrected chi connectivity index (χ1v) is 12.4. The summed E-state index contributed by atoms with van der Waals surface area (Å²) in [6.07, 6.45) is 0. The van der Waals surface area contributed by atoms with E-state index in [2.05, 4.69) is 29.1 Å². The molecule has 7 heteroatoms. The molecule has 0 atom stereocenters. The summed E-state index contributed by atoms with van der Waals surface area (Å²) in [6, 6.07) is 20.0. The molecule has 0 aromatic heterocycles. The predicted molar refractivity (Wildman–Crippen MR) is 135 cm³/mol. The average molecular weight is 461 g/mol. The van der Waals surface area contributed by atoms with Crippen molar-refractivity contribution in [3.8, 4) is 0 Å². The fourth-order valence-corrected chi connectivity index (χ4v) is 5.08. The average Bonchev–Trinajstić information content (AvgIpc) is 3.01. The van der Waals surface area contributed by atoms with Crippen molar-refractivity contribution in [3.05, 3.63) is 77.9 Å². The molecule has 1 aliphatic rings. The van der Waals surface area contributed by atoms with Gasteiger partial charge in [-0.05, 0) is 72.6 Å². The summed E-state index contributed by atoms with van der Waals surface area (Å²) in [6.45, 7) is 6.23. The van der Waals surface area contributed by atoms with Crippen molar-refractivity contribution in [2.45, 2.75) is 36.8 Å². The molecule has 3 aromatic rings. The molecule has 0 bridgehead atoms. The lowest BCUT2D eigenvalue weighted by Gasteiger charge is -2.20. The summed E-state index contributed by atoms with van der Waals surface area (Å²) < 4.78 is 26.0.